The van der Waals surface area contributed by atoms with Gasteiger partial charge in [0.15, 0.2) is 0 Å². The van der Waals surface area contributed by atoms with Crippen LogP contribution < -0.4 is 5.73 Å². The average molecular weight is 381 g/mol. The van der Waals surface area contributed by atoms with Gasteiger partial charge < -0.3 is 15.5 Å². The summed E-state index contributed by atoms with van der Waals surface area (Å²) in [6, 6.07) is 5.76. The van der Waals surface area contributed by atoms with Gasteiger partial charge in [0.1, 0.15) is 0 Å². The molecule has 0 bridgehead atoms. The third-order valence-electron chi connectivity index (χ3n) is 4.63. The zero-order valence-electron chi connectivity index (χ0n) is 13.0. The summed E-state index contributed by atoms with van der Waals surface area (Å²) in [4.78, 5) is 17.0. The molecular formula is C16H24Cl3N3O. The first-order valence-electron chi connectivity index (χ1n) is 7.73. The largest absolute Gasteiger partial charge is 0.399 e. The summed E-state index contributed by atoms with van der Waals surface area (Å²) in [7, 11) is 0. The Morgan fingerprint density at radius 3 is 2.26 bits per heavy atom. The van der Waals surface area contributed by atoms with Crippen LogP contribution in [0.25, 0.3) is 0 Å². The molecule has 0 aliphatic carbocycles. The van der Waals surface area contributed by atoms with E-state index in [1.807, 2.05) is 4.90 Å². The van der Waals surface area contributed by atoms with Crippen molar-refractivity contribution >= 4 is 48.0 Å². The van der Waals surface area contributed by atoms with E-state index in [-0.39, 0.29) is 30.7 Å². The lowest BCUT2D eigenvalue weighted by Crippen LogP contribution is -2.45. The first-order chi connectivity index (χ1) is 10.1. The smallest absolute Gasteiger partial charge is 0.255 e. The fraction of sp³-hybridized carbons (Fsp3) is 0.562. The maximum Gasteiger partial charge on any atom is 0.255 e. The van der Waals surface area contributed by atoms with E-state index in [4.69, 9.17) is 17.3 Å². The maximum atomic E-state index is 12.5. The molecule has 0 unspecified atom stereocenters. The predicted octanol–water partition coefficient (Wildman–Crippen LogP) is 3.47. The molecule has 3 rings (SSSR count). The van der Waals surface area contributed by atoms with E-state index in [1.165, 1.54) is 25.9 Å². The number of amides is 1. The van der Waals surface area contributed by atoms with Crippen molar-refractivity contribution in [3.63, 3.8) is 0 Å². The normalized spacial score (nSPS) is 19.1. The summed E-state index contributed by atoms with van der Waals surface area (Å²) in [6.07, 6.45) is 4.77. The molecule has 2 aliphatic heterocycles. The quantitative estimate of drug-likeness (QED) is 0.799. The van der Waals surface area contributed by atoms with Gasteiger partial charge in [-0.1, -0.05) is 11.6 Å². The Balaban J connectivity index is 0.00000132. The van der Waals surface area contributed by atoms with Crippen LogP contribution in [0.3, 0.4) is 0 Å². The Labute approximate surface area is 155 Å². The van der Waals surface area contributed by atoms with Crippen LogP contribution in [0.15, 0.2) is 18.2 Å². The highest BCUT2D eigenvalue weighted by Gasteiger charge is 2.29. The van der Waals surface area contributed by atoms with Crippen molar-refractivity contribution in [2.24, 2.45) is 0 Å². The number of piperidine rings is 1. The number of nitrogens with two attached hydrogens (primary N) is 1. The Bertz CT molecular complexity index is 527. The Hall–Kier alpha value is -0.680. The zero-order valence-corrected chi connectivity index (χ0v) is 15.4. The Kier molecular flexibility index (Phi) is 7.95. The van der Waals surface area contributed by atoms with Crippen molar-refractivity contribution in [3.05, 3.63) is 28.8 Å². The van der Waals surface area contributed by atoms with Crippen LogP contribution in [0.5, 0.6) is 0 Å². The molecule has 7 heteroatoms. The van der Waals surface area contributed by atoms with E-state index in [2.05, 4.69) is 4.90 Å². The number of carbonyl (C=O) groups is 1. The van der Waals surface area contributed by atoms with Crippen LogP contribution in [0, 0.1) is 0 Å². The molecule has 0 aromatic heterocycles. The number of benzene rings is 1. The van der Waals surface area contributed by atoms with Crippen LogP contribution in [-0.4, -0.2) is 47.9 Å². The van der Waals surface area contributed by atoms with Gasteiger partial charge in [0, 0.05) is 24.8 Å². The van der Waals surface area contributed by atoms with Gasteiger partial charge in [-0.3, -0.25) is 4.79 Å². The van der Waals surface area contributed by atoms with Crippen LogP contribution in [-0.2, 0) is 0 Å². The number of likely N-dealkylation sites (tertiary alicyclic amines) is 2. The van der Waals surface area contributed by atoms with Gasteiger partial charge >= 0.3 is 0 Å². The van der Waals surface area contributed by atoms with Gasteiger partial charge in [-0.25, -0.2) is 0 Å². The highest BCUT2D eigenvalue weighted by atomic mass is 35.5. The minimum Gasteiger partial charge on any atom is -0.399 e. The molecule has 1 aromatic rings. The molecular weight excluding hydrogens is 357 g/mol. The Morgan fingerprint density at radius 2 is 1.70 bits per heavy atom. The summed E-state index contributed by atoms with van der Waals surface area (Å²) in [5.74, 6) is 0.0277. The maximum absolute atomic E-state index is 12.5. The topological polar surface area (TPSA) is 49.6 Å². The zero-order chi connectivity index (χ0) is 14.8. The standard InChI is InChI=1S/C16H22ClN3O.2ClH/c17-15-11-12(18)3-4-14(15)16(21)20-9-5-13(6-10-20)19-7-1-2-8-19;;/h3-4,11,13H,1-2,5-10,18H2;2*1H. The minimum atomic E-state index is 0. The number of hydrogen-bond donors (Lipinski definition) is 1. The van der Waals surface area contributed by atoms with Crippen LogP contribution in [0.4, 0.5) is 5.69 Å². The molecule has 23 heavy (non-hydrogen) atoms. The van der Waals surface area contributed by atoms with E-state index < -0.39 is 0 Å². The number of hydrogen-bond acceptors (Lipinski definition) is 3. The third-order valence-corrected chi connectivity index (χ3v) is 4.95. The number of anilines is 1. The third kappa shape index (κ3) is 4.66. The lowest BCUT2D eigenvalue weighted by atomic mass is 10.0. The van der Waals surface area contributed by atoms with Crippen LogP contribution >= 0.6 is 36.4 Å². The molecule has 130 valence electrons. The molecule has 0 radical (unpaired) electrons. The average Bonchev–Trinajstić information content (AvgIpc) is 3.01. The van der Waals surface area contributed by atoms with Gasteiger partial charge in [-0.2, -0.15) is 0 Å². The van der Waals surface area contributed by atoms with Crippen molar-refractivity contribution in [2.45, 2.75) is 31.7 Å². The highest BCUT2D eigenvalue weighted by molar-refractivity contribution is 6.34. The van der Waals surface area contributed by atoms with Crippen molar-refractivity contribution in [3.8, 4) is 0 Å². The highest BCUT2D eigenvalue weighted by Crippen LogP contribution is 2.25. The van der Waals surface area contributed by atoms with E-state index in [0.29, 0.717) is 22.3 Å². The molecule has 1 aromatic carbocycles. The monoisotopic (exact) mass is 379 g/mol. The number of halogens is 3. The van der Waals surface area contributed by atoms with Crippen LogP contribution in [0.1, 0.15) is 36.0 Å². The molecule has 0 saturated carbocycles. The van der Waals surface area contributed by atoms with Crippen molar-refractivity contribution in [1.82, 2.24) is 9.80 Å². The van der Waals surface area contributed by atoms with Gasteiger partial charge in [-0.15, -0.1) is 24.8 Å². The molecule has 0 spiro atoms. The number of nitrogens with zero attached hydrogens (tertiary/aromatic N) is 2. The van der Waals surface area contributed by atoms with E-state index in [1.54, 1.807) is 18.2 Å². The minimum absolute atomic E-state index is 0. The molecule has 2 N–H and O–H groups in total. The summed E-state index contributed by atoms with van der Waals surface area (Å²) in [5, 5.41) is 0.446. The SMILES string of the molecule is Cl.Cl.Nc1ccc(C(=O)N2CCC(N3CCCC3)CC2)c(Cl)c1. The van der Waals surface area contributed by atoms with Crippen molar-refractivity contribution in [2.75, 3.05) is 31.9 Å². The fourth-order valence-corrected chi connectivity index (χ4v) is 3.69. The van der Waals surface area contributed by atoms with Crippen LogP contribution in [0.2, 0.25) is 5.02 Å². The second kappa shape index (κ2) is 8.97. The first-order valence-corrected chi connectivity index (χ1v) is 8.11. The summed E-state index contributed by atoms with van der Waals surface area (Å²) in [6.45, 7) is 4.09. The summed E-state index contributed by atoms with van der Waals surface area (Å²) in [5.41, 5.74) is 6.83. The van der Waals surface area contributed by atoms with Gasteiger partial charge in [-0.05, 0) is 57.0 Å². The molecule has 1 amide bonds. The second-order valence-electron chi connectivity index (χ2n) is 6.01. The number of carbonyl (C=O) groups excluding carboxylic acids is 1. The number of nitrogen functional groups attached to an aromatic ring is 1. The lowest BCUT2D eigenvalue weighted by molar-refractivity contribution is 0.0644. The van der Waals surface area contributed by atoms with E-state index in [9.17, 15) is 4.79 Å². The molecule has 0 atom stereocenters. The molecule has 4 nitrogen and oxygen atoms in total. The van der Waals surface area contributed by atoms with E-state index >= 15 is 0 Å². The Morgan fingerprint density at radius 1 is 1.09 bits per heavy atom. The van der Waals surface area contributed by atoms with Crippen molar-refractivity contribution < 1.29 is 4.79 Å². The fourth-order valence-electron chi connectivity index (χ4n) is 3.42. The molecule has 2 fully saturated rings. The van der Waals surface area contributed by atoms with Crippen molar-refractivity contribution in [1.29, 1.82) is 0 Å². The van der Waals surface area contributed by atoms with Gasteiger partial charge in [0.2, 0.25) is 0 Å². The molecule has 2 saturated heterocycles. The predicted molar refractivity (Wildman–Crippen MR) is 100 cm³/mol. The van der Waals surface area contributed by atoms with Gasteiger partial charge in [0.25, 0.3) is 5.91 Å². The molecule has 2 heterocycles. The molecule has 2 aliphatic rings. The lowest BCUT2D eigenvalue weighted by Gasteiger charge is -2.36. The van der Waals surface area contributed by atoms with E-state index in [0.717, 1.165) is 25.9 Å². The first kappa shape index (κ1) is 20.4. The summed E-state index contributed by atoms with van der Waals surface area (Å²) >= 11 is 6.14. The second-order valence-corrected chi connectivity index (χ2v) is 6.41. The number of rotatable bonds is 2. The summed E-state index contributed by atoms with van der Waals surface area (Å²) < 4.78 is 0. The van der Waals surface area contributed by atoms with Gasteiger partial charge in [0.05, 0.1) is 10.6 Å².